The number of aromatic carboxylic acids is 1. The molecule has 1 aromatic heterocycles. The fourth-order valence-electron chi connectivity index (χ4n) is 1.73. The second-order valence-electron chi connectivity index (χ2n) is 4.22. The highest BCUT2D eigenvalue weighted by Gasteiger charge is 2.15. The summed E-state index contributed by atoms with van der Waals surface area (Å²) in [7, 11) is 1.53. The highest BCUT2D eigenvalue weighted by Crippen LogP contribution is 2.27. The third-order valence-electron chi connectivity index (χ3n) is 2.64. The maximum atomic E-state index is 11.9. The number of methoxy groups -OCH3 is 1. The van der Waals surface area contributed by atoms with Gasteiger partial charge in [0.25, 0.3) is 0 Å². The summed E-state index contributed by atoms with van der Waals surface area (Å²) in [5.74, 6) is -0.456. The molecule has 0 spiro atoms. The van der Waals surface area contributed by atoms with Crippen molar-refractivity contribution in [2.24, 2.45) is 0 Å². The summed E-state index contributed by atoms with van der Waals surface area (Å²) >= 11 is 1.21. The van der Waals surface area contributed by atoms with Gasteiger partial charge in [-0.2, -0.15) is 0 Å². The van der Waals surface area contributed by atoms with E-state index in [9.17, 15) is 9.59 Å². The number of anilines is 2. The molecule has 1 aromatic carbocycles. The van der Waals surface area contributed by atoms with Crippen molar-refractivity contribution < 1.29 is 19.4 Å². The van der Waals surface area contributed by atoms with Crippen molar-refractivity contribution >= 4 is 34.0 Å². The summed E-state index contributed by atoms with van der Waals surface area (Å²) in [5.41, 5.74) is 0.635. The highest BCUT2D eigenvalue weighted by atomic mass is 32.1. The summed E-state index contributed by atoms with van der Waals surface area (Å²) < 4.78 is 5.06. The van der Waals surface area contributed by atoms with Gasteiger partial charge in [-0.05, 0) is 25.1 Å². The van der Waals surface area contributed by atoms with Crippen LogP contribution in [-0.4, -0.2) is 24.2 Å². The van der Waals surface area contributed by atoms with E-state index in [0.717, 1.165) is 4.88 Å². The largest absolute Gasteiger partial charge is 0.497 e. The fraction of sp³-hybridized carbons (Fsp3) is 0.143. The maximum Gasteiger partial charge on any atom is 0.338 e. The predicted octanol–water partition coefficient (Wildman–Crippen LogP) is 3.41. The Balaban J connectivity index is 2.09. The minimum atomic E-state index is -1.07. The van der Waals surface area contributed by atoms with Crippen LogP contribution in [-0.2, 0) is 0 Å². The number of rotatable bonds is 4. The molecule has 3 N–H and O–H groups in total. The third-order valence-corrected chi connectivity index (χ3v) is 3.61. The molecule has 7 heteroatoms. The predicted molar refractivity (Wildman–Crippen MR) is 81.7 cm³/mol. The molecule has 2 rings (SSSR count). The van der Waals surface area contributed by atoms with Gasteiger partial charge in [0.2, 0.25) is 0 Å². The monoisotopic (exact) mass is 306 g/mol. The average Bonchev–Trinajstić information content (AvgIpc) is 2.79. The van der Waals surface area contributed by atoms with Gasteiger partial charge in [0.15, 0.2) is 0 Å². The number of hydrogen-bond acceptors (Lipinski definition) is 4. The van der Waals surface area contributed by atoms with Crippen LogP contribution in [0.3, 0.4) is 0 Å². The number of amides is 2. The molecular formula is C14H14N2O4S. The summed E-state index contributed by atoms with van der Waals surface area (Å²) in [4.78, 5) is 23.8. The molecular weight excluding hydrogens is 292 g/mol. The van der Waals surface area contributed by atoms with Gasteiger partial charge >= 0.3 is 12.0 Å². The van der Waals surface area contributed by atoms with E-state index in [2.05, 4.69) is 10.6 Å². The Morgan fingerprint density at radius 1 is 1.24 bits per heavy atom. The smallest absolute Gasteiger partial charge is 0.338 e. The SMILES string of the molecule is COc1cccc(NC(=O)Nc2sc(C)cc2C(=O)O)c1. The normalized spacial score (nSPS) is 10.0. The molecule has 0 aliphatic rings. The van der Waals surface area contributed by atoms with Crippen LogP contribution in [0.5, 0.6) is 5.75 Å². The van der Waals surface area contributed by atoms with Crippen LogP contribution in [0.15, 0.2) is 30.3 Å². The van der Waals surface area contributed by atoms with Crippen molar-refractivity contribution in [2.75, 3.05) is 17.7 Å². The first-order valence-electron chi connectivity index (χ1n) is 6.05. The van der Waals surface area contributed by atoms with Crippen molar-refractivity contribution in [1.29, 1.82) is 0 Å². The molecule has 0 aliphatic heterocycles. The number of benzene rings is 1. The van der Waals surface area contributed by atoms with E-state index in [4.69, 9.17) is 9.84 Å². The molecule has 0 fully saturated rings. The molecule has 0 saturated carbocycles. The van der Waals surface area contributed by atoms with Gasteiger partial charge in [-0.3, -0.25) is 5.32 Å². The Morgan fingerprint density at radius 3 is 2.67 bits per heavy atom. The molecule has 21 heavy (non-hydrogen) atoms. The van der Waals surface area contributed by atoms with E-state index in [1.807, 2.05) is 0 Å². The van der Waals surface area contributed by atoms with Gasteiger partial charge < -0.3 is 15.2 Å². The molecule has 0 radical (unpaired) electrons. The molecule has 1 heterocycles. The lowest BCUT2D eigenvalue weighted by Gasteiger charge is -2.08. The Kier molecular flexibility index (Phi) is 4.44. The molecule has 0 saturated heterocycles. The van der Waals surface area contributed by atoms with Gasteiger partial charge in [-0.25, -0.2) is 9.59 Å². The standard InChI is InChI=1S/C14H14N2O4S/c1-8-6-11(13(17)18)12(21-8)16-14(19)15-9-4-3-5-10(7-9)20-2/h3-7H,1-2H3,(H,17,18)(H2,15,16,19). The topological polar surface area (TPSA) is 87.7 Å². The number of hydrogen-bond donors (Lipinski definition) is 3. The Bertz CT molecular complexity index is 681. The van der Waals surface area contributed by atoms with E-state index in [1.165, 1.54) is 24.5 Å². The number of urea groups is 1. The van der Waals surface area contributed by atoms with Gasteiger partial charge in [-0.15, -0.1) is 11.3 Å². The fourth-order valence-corrected chi connectivity index (χ4v) is 2.63. The Hall–Kier alpha value is -2.54. The lowest BCUT2D eigenvalue weighted by atomic mass is 10.3. The van der Waals surface area contributed by atoms with Crippen molar-refractivity contribution in [3.05, 3.63) is 40.8 Å². The van der Waals surface area contributed by atoms with Crippen LogP contribution in [0.1, 0.15) is 15.2 Å². The van der Waals surface area contributed by atoms with Crippen LogP contribution in [0.25, 0.3) is 0 Å². The molecule has 0 atom stereocenters. The molecule has 2 amide bonds. The van der Waals surface area contributed by atoms with Crippen LogP contribution in [0.4, 0.5) is 15.5 Å². The Labute approximate surface area is 125 Å². The first kappa shape index (κ1) is 14.9. The maximum absolute atomic E-state index is 11.9. The number of carboxylic acids is 1. The number of ether oxygens (including phenoxy) is 1. The zero-order chi connectivity index (χ0) is 15.4. The van der Waals surface area contributed by atoms with Crippen molar-refractivity contribution in [3.8, 4) is 5.75 Å². The van der Waals surface area contributed by atoms with Crippen LogP contribution < -0.4 is 15.4 Å². The van der Waals surface area contributed by atoms with Crippen molar-refractivity contribution in [3.63, 3.8) is 0 Å². The summed E-state index contributed by atoms with van der Waals surface area (Å²) in [5, 5.41) is 14.5. The van der Waals surface area contributed by atoms with Gasteiger partial charge in [0.1, 0.15) is 10.8 Å². The quantitative estimate of drug-likeness (QED) is 0.807. The van der Waals surface area contributed by atoms with E-state index in [-0.39, 0.29) is 5.56 Å². The molecule has 0 unspecified atom stereocenters. The summed E-state index contributed by atoms with van der Waals surface area (Å²) in [6, 6.07) is 7.89. The van der Waals surface area contributed by atoms with Crippen molar-refractivity contribution in [2.45, 2.75) is 6.92 Å². The van der Waals surface area contributed by atoms with Crippen LogP contribution >= 0.6 is 11.3 Å². The second kappa shape index (κ2) is 6.27. The van der Waals surface area contributed by atoms with Crippen molar-refractivity contribution in [1.82, 2.24) is 0 Å². The number of thiophene rings is 1. The van der Waals surface area contributed by atoms with Crippen LogP contribution in [0.2, 0.25) is 0 Å². The minimum Gasteiger partial charge on any atom is -0.497 e. The third kappa shape index (κ3) is 3.73. The first-order valence-corrected chi connectivity index (χ1v) is 6.87. The lowest BCUT2D eigenvalue weighted by molar-refractivity contribution is 0.0698. The summed E-state index contributed by atoms with van der Waals surface area (Å²) in [6.07, 6.45) is 0. The first-order chi connectivity index (χ1) is 9.99. The van der Waals surface area contributed by atoms with E-state index in [1.54, 1.807) is 31.2 Å². The van der Waals surface area contributed by atoms with Gasteiger partial charge in [0.05, 0.1) is 12.7 Å². The average molecular weight is 306 g/mol. The number of carboxylic acid groups (broad SMARTS) is 1. The number of carbonyl (C=O) groups excluding carboxylic acids is 1. The van der Waals surface area contributed by atoms with E-state index >= 15 is 0 Å². The summed E-state index contributed by atoms with van der Waals surface area (Å²) in [6.45, 7) is 1.78. The molecule has 6 nitrogen and oxygen atoms in total. The molecule has 0 aliphatic carbocycles. The Morgan fingerprint density at radius 2 is 2.00 bits per heavy atom. The van der Waals surface area contributed by atoms with Gasteiger partial charge in [0, 0.05) is 16.6 Å². The molecule has 0 bridgehead atoms. The van der Waals surface area contributed by atoms with E-state index in [0.29, 0.717) is 16.4 Å². The lowest BCUT2D eigenvalue weighted by Crippen LogP contribution is -2.20. The van der Waals surface area contributed by atoms with Crippen LogP contribution in [0, 0.1) is 6.92 Å². The second-order valence-corrected chi connectivity index (χ2v) is 5.47. The number of carbonyl (C=O) groups is 2. The van der Waals surface area contributed by atoms with Gasteiger partial charge in [-0.1, -0.05) is 6.07 Å². The minimum absolute atomic E-state index is 0.0818. The zero-order valence-corrected chi connectivity index (χ0v) is 12.3. The highest BCUT2D eigenvalue weighted by molar-refractivity contribution is 7.16. The zero-order valence-electron chi connectivity index (χ0n) is 11.5. The number of aryl methyl sites for hydroxylation is 1. The van der Waals surface area contributed by atoms with E-state index < -0.39 is 12.0 Å². The molecule has 110 valence electrons. The number of nitrogens with one attached hydrogen (secondary N) is 2. The molecule has 2 aromatic rings.